The van der Waals surface area contributed by atoms with Gasteiger partial charge in [-0.1, -0.05) is 12.1 Å². The molecule has 0 spiro atoms. The SMILES string of the molecule is CNC(=O)c1cccc(NCc2ccc(Br)c(Br)c2)c1. The van der Waals surface area contributed by atoms with E-state index in [9.17, 15) is 4.79 Å². The van der Waals surface area contributed by atoms with Crippen molar-refractivity contribution in [2.75, 3.05) is 12.4 Å². The number of rotatable bonds is 4. The lowest BCUT2D eigenvalue weighted by molar-refractivity contribution is 0.0963. The number of hydrogen-bond acceptors (Lipinski definition) is 2. The molecule has 0 aliphatic heterocycles. The molecule has 0 aliphatic carbocycles. The first-order chi connectivity index (χ1) is 9.60. The number of benzene rings is 2. The van der Waals surface area contributed by atoms with Crippen molar-refractivity contribution in [1.29, 1.82) is 0 Å². The summed E-state index contributed by atoms with van der Waals surface area (Å²) in [7, 11) is 1.63. The molecule has 2 aromatic rings. The first-order valence-corrected chi connectivity index (χ1v) is 7.68. The molecule has 104 valence electrons. The minimum Gasteiger partial charge on any atom is -0.381 e. The Morgan fingerprint density at radius 2 is 1.90 bits per heavy atom. The zero-order valence-electron chi connectivity index (χ0n) is 10.9. The predicted octanol–water partition coefficient (Wildman–Crippen LogP) is 4.18. The van der Waals surface area contributed by atoms with Crippen LogP contribution in [0.3, 0.4) is 0 Å². The van der Waals surface area contributed by atoms with E-state index in [4.69, 9.17) is 0 Å². The minimum atomic E-state index is -0.0833. The van der Waals surface area contributed by atoms with Gasteiger partial charge < -0.3 is 10.6 Å². The van der Waals surface area contributed by atoms with Gasteiger partial charge in [0.05, 0.1) is 0 Å². The molecule has 0 radical (unpaired) electrons. The van der Waals surface area contributed by atoms with Crippen molar-refractivity contribution in [3.8, 4) is 0 Å². The molecule has 3 nitrogen and oxygen atoms in total. The highest BCUT2D eigenvalue weighted by Crippen LogP contribution is 2.24. The first-order valence-electron chi connectivity index (χ1n) is 6.10. The molecule has 0 aliphatic rings. The highest BCUT2D eigenvalue weighted by atomic mass is 79.9. The van der Waals surface area contributed by atoms with Crippen LogP contribution in [0.25, 0.3) is 0 Å². The number of halogens is 2. The van der Waals surface area contributed by atoms with Crippen LogP contribution in [-0.4, -0.2) is 13.0 Å². The second-order valence-corrected chi connectivity index (χ2v) is 5.97. The van der Waals surface area contributed by atoms with E-state index in [1.54, 1.807) is 13.1 Å². The third kappa shape index (κ3) is 3.84. The summed E-state index contributed by atoms with van der Waals surface area (Å²) in [4.78, 5) is 11.6. The fraction of sp³-hybridized carbons (Fsp3) is 0.133. The van der Waals surface area contributed by atoms with E-state index in [1.807, 2.05) is 30.3 Å². The van der Waals surface area contributed by atoms with Gasteiger partial charge in [-0.2, -0.15) is 0 Å². The number of carbonyl (C=O) groups excluding carboxylic acids is 1. The maximum absolute atomic E-state index is 11.6. The Labute approximate surface area is 135 Å². The van der Waals surface area contributed by atoms with E-state index < -0.39 is 0 Å². The van der Waals surface area contributed by atoms with Crippen molar-refractivity contribution in [2.45, 2.75) is 6.54 Å². The van der Waals surface area contributed by atoms with Crippen molar-refractivity contribution >= 4 is 43.5 Å². The lowest BCUT2D eigenvalue weighted by Crippen LogP contribution is -2.17. The quantitative estimate of drug-likeness (QED) is 0.812. The van der Waals surface area contributed by atoms with E-state index in [2.05, 4.69) is 48.6 Å². The molecule has 0 heterocycles. The van der Waals surface area contributed by atoms with Crippen LogP contribution < -0.4 is 10.6 Å². The minimum absolute atomic E-state index is 0.0833. The second-order valence-electron chi connectivity index (χ2n) is 4.26. The Hall–Kier alpha value is -1.33. The predicted molar refractivity (Wildman–Crippen MR) is 89.0 cm³/mol. The maximum Gasteiger partial charge on any atom is 0.251 e. The summed E-state index contributed by atoms with van der Waals surface area (Å²) >= 11 is 6.93. The molecule has 0 fully saturated rings. The number of anilines is 1. The Morgan fingerprint density at radius 3 is 2.60 bits per heavy atom. The van der Waals surface area contributed by atoms with Gasteiger partial charge >= 0.3 is 0 Å². The molecule has 0 saturated heterocycles. The van der Waals surface area contributed by atoms with Crippen molar-refractivity contribution in [2.24, 2.45) is 0 Å². The summed E-state index contributed by atoms with van der Waals surface area (Å²) in [6, 6.07) is 13.5. The number of carbonyl (C=O) groups is 1. The standard InChI is InChI=1S/C15H14Br2N2O/c1-18-15(20)11-3-2-4-12(8-11)19-9-10-5-6-13(16)14(17)7-10/h2-8,19H,9H2,1H3,(H,18,20). The molecule has 0 saturated carbocycles. The fourth-order valence-electron chi connectivity index (χ4n) is 1.77. The van der Waals surface area contributed by atoms with Crippen molar-refractivity contribution < 1.29 is 4.79 Å². The summed E-state index contributed by atoms with van der Waals surface area (Å²) in [5.41, 5.74) is 2.73. The van der Waals surface area contributed by atoms with Gasteiger partial charge in [0.2, 0.25) is 0 Å². The van der Waals surface area contributed by atoms with Crippen LogP contribution in [0.1, 0.15) is 15.9 Å². The molecule has 2 N–H and O–H groups in total. The number of amides is 1. The first kappa shape index (κ1) is 15.1. The molecule has 2 rings (SSSR count). The van der Waals surface area contributed by atoms with Crippen LogP contribution in [0.5, 0.6) is 0 Å². The Kier molecular flexibility index (Phi) is 5.20. The van der Waals surface area contributed by atoms with Gasteiger partial charge in [-0.3, -0.25) is 4.79 Å². The average Bonchev–Trinajstić information content (AvgIpc) is 2.48. The Bertz CT molecular complexity index is 629. The molecule has 0 aromatic heterocycles. The normalized spacial score (nSPS) is 10.2. The van der Waals surface area contributed by atoms with Crippen LogP contribution in [0.15, 0.2) is 51.4 Å². The maximum atomic E-state index is 11.6. The number of hydrogen-bond donors (Lipinski definition) is 2. The van der Waals surface area contributed by atoms with Gasteiger partial charge in [-0.25, -0.2) is 0 Å². The zero-order chi connectivity index (χ0) is 14.5. The van der Waals surface area contributed by atoms with E-state index in [1.165, 1.54) is 0 Å². The summed E-state index contributed by atoms with van der Waals surface area (Å²) in [5.74, 6) is -0.0833. The molecular weight excluding hydrogens is 384 g/mol. The highest BCUT2D eigenvalue weighted by molar-refractivity contribution is 9.13. The van der Waals surface area contributed by atoms with Gasteiger partial charge in [0, 0.05) is 33.8 Å². The summed E-state index contributed by atoms with van der Waals surface area (Å²) in [6.45, 7) is 0.697. The van der Waals surface area contributed by atoms with E-state index >= 15 is 0 Å². The molecule has 5 heteroatoms. The van der Waals surface area contributed by atoms with Crippen LogP contribution >= 0.6 is 31.9 Å². The van der Waals surface area contributed by atoms with Crippen LogP contribution in [0.4, 0.5) is 5.69 Å². The fourth-order valence-corrected chi connectivity index (χ4v) is 2.44. The average molecular weight is 398 g/mol. The third-order valence-electron chi connectivity index (χ3n) is 2.83. The molecule has 0 bridgehead atoms. The van der Waals surface area contributed by atoms with E-state index in [-0.39, 0.29) is 5.91 Å². The van der Waals surface area contributed by atoms with Crippen LogP contribution in [0, 0.1) is 0 Å². The van der Waals surface area contributed by atoms with E-state index in [0.29, 0.717) is 12.1 Å². The largest absolute Gasteiger partial charge is 0.381 e. The second kappa shape index (κ2) is 6.90. The van der Waals surface area contributed by atoms with Crippen molar-refractivity contribution in [3.63, 3.8) is 0 Å². The lowest BCUT2D eigenvalue weighted by Gasteiger charge is -2.09. The van der Waals surface area contributed by atoms with E-state index in [0.717, 1.165) is 20.2 Å². The summed E-state index contributed by atoms with van der Waals surface area (Å²) in [5, 5.41) is 5.93. The summed E-state index contributed by atoms with van der Waals surface area (Å²) < 4.78 is 2.05. The zero-order valence-corrected chi connectivity index (χ0v) is 14.1. The topological polar surface area (TPSA) is 41.1 Å². The summed E-state index contributed by atoms with van der Waals surface area (Å²) in [6.07, 6.45) is 0. The van der Waals surface area contributed by atoms with Gasteiger partial charge in [-0.15, -0.1) is 0 Å². The monoisotopic (exact) mass is 396 g/mol. The molecule has 1 amide bonds. The third-order valence-corrected chi connectivity index (χ3v) is 4.71. The number of nitrogens with one attached hydrogen (secondary N) is 2. The lowest BCUT2D eigenvalue weighted by atomic mass is 10.1. The molecule has 2 aromatic carbocycles. The molecular formula is C15H14Br2N2O. The van der Waals surface area contributed by atoms with Crippen LogP contribution in [0.2, 0.25) is 0 Å². The smallest absolute Gasteiger partial charge is 0.251 e. The molecule has 0 atom stereocenters. The van der Waals surface area contributed by atoms with Crippen molar-refractivity contribution in [1.82, 2.24) is 5.32 Å². The Balaban J connectivity index is 2.07. The van der Waals surface area contributed by atoms with Gasteiger partial charge in [0.1, 0.15) is 0 Å². The van der Waals surface area contributed by atoms with Crippen LogP contribution in [-0.2, 0) is 6.54 Å². The van der Waals surface area contributed by atoms with Crippen molar-refractivity contribution in [3.05, 3.63) is 62.5 Å². The molecule has 0 unspecified atom stereocenters. The highest BCUT2D eigenvalue weighted by Gasteiger charge is 2.04. The van der Waals surface area contributed by atoms with Gasteiger partial charge in [-0.05, 0) is 67.8 Å². The Morgan fingerprint density at radius 1 is 1.10 bits per heavy atom. The van der Waals surface area contributed by atoms with Gasteiger partial charge in [0.25, 0.3) is 5.91 Å². The van der Waals surface area contributed by atoms with Gasteiger partial charge in [0.15, 0.2) is 0 Å². The molecule has 20 heavy (non-hydrogen) atoms.